The molecule has 13 nitrogen and oxygen atoms in total. The summed E-state index contributed by atoms with van der Waals surface area (Å²) in [6.07, 6.45) is 2.17. The normalized spacial score (nSPS) is 11.2. The van der Waals surface area contributed by atoms with Gasteiger partial charge < -0.3 is 33.7 Å². The summed E-state index contributed by atoms with van der Waals surface area (Å²) in [4.78, 5) is 15.1. The first kappa shape index (κ1) is 29.3. The van der Waals surface area contributed by atoms with Crippen molar-refractivity contribution in [2.24, 2.45) is 0 Å². The fraction of sp³-hybridized carbons (Fsp3) is 0.850. The average molecular weight is 479 g/mol. The average Bonchev–Trinajstić information content (AvgIpc) is 3.26. The highest BCUT2D eigenvalue weighted by atomic mass is 17.1. The lowest BCUT2D eigenvalue weighted by molar-refractivity contribution is -0.249. The van der Waals surface area contributed by atoms with Crippen LogP contribution in [0.2, 0.25) is 0 Å². The van der Waals surface area contributed by atoms with Gasteiger partial charge in [0.05, 0.1) is 92.0 Å². The summed E-state index contributed by atoms with van der Waals surface area (Å²) >= 11 is 0. The zero-order valence-electron chi connectivity index (χ0n) is 19.4. The molecule has 2 N–H and O–H groups in total. The third kappa shape index (κ3) is 18.4. The van der Waals surface area contributed by atoms with Crippen molar-refractivity contribution < 1.29 is 43.4 Å². The molecule has 0 spiro atoms. The van der Waals surface area contributed by atoms with Crippen molar-refractivity contribution in [2.45, 2.75) is 26.5 Å². The summed E-state index contributed by atoms with van der Waals surface area (Å²) in [5.41, 5.74) is 0.726. The van der Waals surface area contributed by atoms with Gasteiger partial charge in [0.25, 0.3) is 0 Å². The van der Waals surface area contributed by atoms with Crippen molar-refractivity contribution in [3.05, 3.63) is 11.9 Å². The number of carbonyl (C=O) groups excluding carboxylic acids is 1. The molecule has 1 rings (SSSR count). The van der Waals surface area contributed by atoms with Crippen LogP contribution >= 0.6 is 0 Å². The van der Waals surface area contributed by atoms with E-state index in [1.165, 1.54) is 0 Å². The van der Waals surface area contributed by atoms with Gasteiger partial charge in [-0.05, 0) is 6.92 Å². The van der Waals surface area contributed by atoms with E-state index in [0.29, 0.717) is 98.8 Å². The largest absolute Gasteiger partial charge is 0.379 e. The molecular formula is C20H38N4O9. The molecule has 1 heterocycles. The van der Waals surface area contributed by atoms with Crippen LogP contribution in [-0.2, 0) is 51.3 Å². The molecule has 0 atom stereocenters. The second kappa shape index (κ2) is 22.1. The number of hydrogen-bond acceptors (Lipinski definition) is 11. The van der Waals surface area contributed by atoms with Crippen molar-refractivity contribution in [3.63, 3.8) is 0 Å². The van der Waals surface area contributed by atoms with Gasteiger partial charge in [0.2, 0.25) is 5.91 Å². The van der Waals surface area contributed by atoms with Gasteiger partial charge in [-0.2, -0.15) is 0 Å². The Hall–Kier alpha value is -1.71. The van der Waals surface area contributed by atoms with Crippen molar-refractivity contribution in [3.8, 4) is 0 Å². The van der Waals surface area contributed by atoms with Gasteiger partial charge in [-0.3, -0.25) is 10.1 Å². The molecule has 0 radical (unpaired) electrons. The summed E-state index contributed by atoms with van der Waals surface area (Å²) in [6.45, 7) is 8.45. The van der Waals surface area contributed by atoms with E-state index in [1.807, 2.05) is 6.92 Å². The van der Waals surface area contributed by atoms with E-state index in [1.54, 1.807) is 10.9 Å². The molecule has 0 bridgehead atoms. The molecule has 0 aliphatic rings. The first-order chi connectivity index (χ1) is 16.3. The Balaban J connectivity index is 1.83. The van der Waals surface area contributed by atoms with Gasteiger partial charge in [-0.15, -0.1) is 5.10 Å². The highest BCUT2D eigenvalue weighted by Gasteiger charge is 2.02. The van der Waals surface area contributed by atoms with Crippen LogP contribution in [0.3, 0.4) is 0 Å². The molecule has 0 fully saturated rings. The maximum absolute atomic E-state index is 11.2. The maximum atomic E-state index is 11.2. The summed E-state index contributed by atoms with van der Waals surface area (Å²) in [5.74, 6) is -0.00437. The fourth-order valence-corrected chi connectivity index (χ4v) is 2.38. The number of rotatable bonds is 24. The second-order valence-electron chi connectivity index (χ2n) is 6.62. The molecule has 33 heavy (non-hydrogen) atoms. The molecule has 0 aromatic carbocycles. The molecular weight excluding hydrogens is 440 g/mol. The molecule has 13 heteroatoms. The number of ether oxygens (including phenoxy) is 6. The number of amides is 1. The molecule has 1 aromatic rings. The lowest BCUT2D eigenvalue weighted by Crippen LogP contribution is -2.24. The number of nitrogens with zero attached hydrogens (tertiary/aromatic N) is 3. The van der Waals surface area contributed by atoms with E-state index in [-0.39, 0.29) is 12.5 Å². The van der Waals surface area contributed by atoms with Gasteiger partial charge in [0, 0.05) is 13.0 Å². The van der Waals surface area contributed by atoms with E-state index < -0.39 is 0 Å². The number of nitrogens with one attached hydrogen (secondary N) is 1. The Morgan fingerprint density at radius 3 is 2.00 bits per heavy atom. The topological polar surface area (TPSA) is 145 Å². The van der Waals surface area contributed by atoms with Gasteiger partial charge in [0.15, 0.2) is 0 Å². The Morgan fingerprint density at radius 1 is 0.848 bits per heavy atom. The number of carbonyl (C=O) groups is 1. The van der Waals surface area contributed by atoms with E-state index >= 15 is 0 Å². The Bertz CT molecular complexity index is 577. The van der Waals surface area contributed by atoms with Gasteiger partial charge in [-0.25, -0.2) is 9.57 Å². The Morgan fingerprint density at radius 2 is 1.39 bits per heavy atom. The van der Waals surface area contributed by atoms with Gasteiger partial charge in [-0.1, -0.05) is 5.21 Å². The SMILES string of the molecule is CCNC(=O)CCOCCOCCOCCOCCn1cc(COCCOCCOO)nn1. The van der Waals surface area contributed by atoms with Crippen LogP contribution < -0.4 is 5.32 Å². The number of hydrogen-bond donors (Lipinski definition) is 2. The van der Waals surface area contributed by atoms with Crippen molar-refractivity contribution in [2.75, 3.05) is 85.8 Å². The molecule has 1 aromatic heterocycles. The van der Waals surface area contributed by atoms with E-state index in [9.17, 15) is 4.79 Å². The van der Waals surface area contributed by atoms with Crippen LogP contribution in [0.5, 0.6) is 0 Å². The maximum Gasteiger partial charge on any atom is 0.222 e. The van der Waals surface area contributed by atoms with Gasteiger partial charge >= 0.3 is 0 Å². The first-order valence-corrected chi connectivity index (χ1v) is 11.1. The van der Waals surface area contributed by atoms with Crippen LogP contribution in [0.15, 0.2) is 6.20 Å². The minimum absolute atomic E-state index is 0.00437. The van der Waals surface area contributed by atoms with Crippen molar-refractivity contribution in [1.82, 2.24) is 20.3 Å². The highest BCUT2D eigenvalue weighted by molar-refractivity contribution is 5.75. The lowest BCUT2D eigenvalue weighted by Gasteiger charge is -2.07. The number of aromatic nitrogens is 3. The fourth-order valence-electron chi connectivity index (χ4n) is 2.38. The zero-order valence-corrected chi connectivity index (χ0v) is 19.4. The molecule has 0 saturated heterocycles. The van der Waals surface area contributed by atoms with E-state index in [0.717, 1.165) is 5.69 Å². The quantitative estimate of drug-likeness (QED) is 0.117. The smallest absolute Gasteiger partial charge is 0.222 e. The predicted octanol–water partition coefficient (Wildman–Crippen LogP) is -0.106. The minimum atomic E-state index is -0.00437. The van der Waals surface area contributed by atoms with Crippen LogP contribution in [0.4, 0.5) is 0 Å². The lowest BCUT2D eigenvalue weighted by atomic mass is 10.4. The summed E-state index contributed by atoms with van der Waals surface area (Å²) in [7, 11) is 0. The van der Waals surface area contributed by atoms with Crippen molar-refractivity contribution in [1.29, 1.82) is 0 Å². The third-order valence-corrected chi connectivity index (χ3v) is 3.96. The Kier molecular flexibility index (Phi) is 19.6. The van der Waals surface area contributed by atoms with Crippen LogP contribution in [0.1, 0.15) is 19.0 Å². The standard InChI is InChI=1S/C20H38N4O9/c1-2-21-20(25)3-5-27-7-9-29-11-12-30-10-8-28-6-4-24-17-19(22-23-24)18-32-14-13-31-15-16-33-26/h17,26H,2-16,18H2,1H3,(H,21,25). The van der Waals surface area contributed by atoms with E-state index in [4.69, 9.17) is 33.7 Å². The monoisotopic (exact) mass is 478 g/mol. The zero-order chi connectivity index (χ0) is 23.8. The Labute approximate surface area is 194 Å². The summed E-state index contributed by atoms with van der Waals surface area (Å²) in [5, 5.41) is 18.9. The summed E-state index contributed by atoms with van der Waals surface area (Å²) < 4.78 is 34.0. The highest BCUT2D eigenvalue weighted by Crippen LogP contribution is 1.96. The van der Waals surface area contributed by atoms with Crippen LogP contribution in [0, 0.1) is 0 Å². The summed E-state index contributed by atoms with van der Waals surface area (Å²) in [6, 6.07) is 0. The molecule has 0 saturated carbocycles. The molecule has 0 aliphatic heterocycles. The van der Waals surface area contributed by atoms with Crippen LogP contribution in [-0.4, -0.2) is 112 Å². The van der Waals surface area contributed by atoms with E-state index in [2.05, 4.69) is 20.5 Å². The predicted molar refractivity (Wildman–Crippen MR) is 116 cm³/mol. The first-order valence-electron chi connectivity index (χ1n) is 11.1. The second-order valence-corrected chi connectivity index (χ2v) is 6.62. The molecule has 0 aliphatic carbocycles. The van der Waals surface area contributed by atoms with Crippen molar-refractivity contribution >= 4 is 5.91 Å². The molecule has 0 unspecified atom stereocenters. The molecule has 1 amide bonds. The van der Waals surface area contributed by atoms with Crippen LogP contribution in [0.25, 0.3) is 0 Å². The third-order valence-electron chi connectivity index (χ3n) is 3.96. The molecule has 192 valence electrons. The minimum Gasteiger partial charge on any atom is -0.379 e. The van der Waals surface area contributed by atoms with Gasteiger partial charge in [0.1, 0.15) is 12.3 Å².